The number of furan rings is 1. The van der Waals surface area contributed by atoms with E-state index >= 15 is 0 Å². The molecule has 0 aliphatic carbocycles. The first kappa shape index (κ1) is 38.6. The van der Waals surface area contributed by atoms with Gasteiger partial charge in [0.2, 0.25) is 0 Å². The van der Waals surface area contributed by atoms with Gasteiger partial charge in [-0.3, -0.25) is 0 Å². The van der Waals surface area contributed by atoms with E-state index in [1.54, 1.807) is 0 Å². The Morgan fingerprint density at radius 2 is 0.985 bits per heavy atom. The van der Waals surface area contributed by atoms with Crippen LogP contribution in [0, 0.1) is 0 Å². The smallest absolute Gasteiger partial charge is 0.136 e. The fraction of sp³-hybridized carbons (Fsp3) is 0. The molecule has 0 spiro atoms. The number of nitrogens with zero attached hydrogens (tertiary/aromatic N) is 2. The van der Waals surface area contributed by atoms with Crippen LogP contribution in [0.4, 0.5) is 17.1 Å². The van der Waals surface area contributed by atoms with Crippen LogP contribution in [0.2, 0.25) is 0 Å². The highest BCUT2D eigenvalue weighted by molar-refractivity contribution is 7.26. The highest BCUT2D eigenvalue weighted by atomic mass is 32.1. The number of para-hydroxylation sites is 4. The predicted molar refractivity (Wildman–Crippen MR) is 289 cm³/mol. The molecule has 318 valence electrons. The lowest BCUT2D eigenvalue weighted by atomic mass is 9.95. The van der Waals surface area contributed by atoms with E-state index in [-0.39, 0.29) is 0 Å². The standard InChI is InChI=1S/C64H40N2OS/c1-2-20-47-41(16-1)17-14-26-48(47)42-34-36-44(37-35-42)65(57-28-8-5-23-51(57)53-27-15-32-61-63(53)54-25-6-11-31-60(54)67-61)46-39-55(64-56(40-46)52-24-7-12-33-62(52)68-64)43-18-13-19-45(38-43)66-58-29-9-3-21-49(58)50-22-4-10-30-59(50)66/h1-40H. The largest absolute Gasteiger partial charge is 0.456 e. The summed E-state index contributed by atoms with van der Waals surface area (Å²) in [6.45, 7) is 0. The van der Waals surface area contributed by atoms with E-state index in [2.05, 4.69) is 246 Å². The van der Waals surface area contributed by atoms with Gasteiger partial charge in [-0.25, -0.2) is 0 Å². The molecule has 4 heteroatoms. The number of anilines is 3. The maximum Gasteiger partial charge on any atom is 0.136 e. The van der Waals surface area contributed by atoms with Crippen LogP contribution in [0.1, 0.15) is 0 Å². The first-order valence-electron chi connectivity index (χ1n) is 23.2. The summed E-state index contributed by atoms with van der Waals surface area (Å²) in [7, 11) is 0. The summed E-state index contributed by atoms with van der Waals surface area (Å²) in [5.41, 5.74) is 15.5. The molecular weight excluding hydrogens is 845 g/mol. The average Bonchev–Trinajstić information content (AvgIpc) is 4.09. The van der Waals surface area contributed by atoms with Gasteiger partial charge in [-0.1, -0.05) is 170 Å². The van der Waals surface area contributed by atoms with Crippen LogP contribution in [0.3, 0.4) is 0 Å². The third-order valence-electron chi connectivity index (χ3n) is 13.8. The normalized spacial score (nSPS) is 11.8. The van der Waals surface area contributed by atoms with Crippen LogP contribution in [-0.4, -0.2) is 4.57 Å². The zero-order valence-corrected chi connectivity index (χ0v) is 37.6. The number of hydrogen-bond donors (Lipinski definition) is 0. The number of benzene rings is 11. The molecule has 0 N–H and O–H groups in total. The second-order valence-corrected chi connectivity index (χ2v) is 18.6. The van der Waals surface area contributed by atoms with E-state index in [1.165, 1.54) is 69.4 Å². The average molecular weight is 885 g/mol. The Labute approximate surface area is 396 Å². The fourth-order valence-electron chi connectivity index (χ4n) is 10.8. The zero-order valence-electron chi connectivity index (χ0n) is 36.8. The molecule has 0 unspecified atom stereocenters. The quantitative estimate of drug-likeness (QED) is 0.159. The van der Waals surface area contributed by atoms with Gasteiger partial charge in [0, 0.05) is 69.9 Å². The highest BCUT2D eigenvalue weighted by Gasteiger charge is 2.24. The van der Waals surface area contributed by atoms with Crippen molar-refractivity contribution >= 4 is 103 Å². The van der Waals surface area contributed by atoms with Gasteiger partial charge in [0.15, 0.2) is 0 Å². The van der Waals surface area contributed by atoms with Crippen molar-refractivity contribution in [3.63, 3.8) is 0 Å². The van der Waals surface area contributed by atoms with Gasteiger partial charge >= 0.3 is 0 Å². The van der Waals surface area contributed by atoms with Gasteiger partial charge < -0.3 is 13.9 Å². The Kier molecular flexibility index (Phi) is 8.76. The second-order valence-electron chi connectivity index (χ2n) is 17.6. The maximum atomic E-state index is 6.48. The van der Waals surface area contributed by atoms with E-state index in [4.69, 9.17) is 4.42 Å². The first-order chi connectivity index (χ1) is 33.7. The van der Waals surface area contributed by atoms with Crippen LogP contribution in [-0.2, 0) is 0 Å². The molecule has 0 fully saturated rings. The van der Waals surface area contributed by atoms with Crippen molar-refractivity contribution in [3.8, 4) is 39.1 Å². The van der Waals surface area contributed by atoms with Crippen LogP contribution < -0.4 is 4.90 Å². The van der Waals surface area contributed by atoms with Crippen molar-refractivity contribution in [2.45, 2.75) is 0 Å². The number of fused-ring (bicyclic) bond motifs is 10. The number of hydrogen-bond acceptors (Lipinski definition) is 3. The molecule has 14 rings (SSSR count). The van der Waals surface area contributed by atoms with E-state index in [0.29, 0.717) is 0 Å². The Morgan fingerprint density at radius 1 is 0.368 bits per heavy atom. The van der Waals surface area contributed by atoms with Gasteiger partial charge in [0.25, 0.3) is 0 Å². The third kappa shape index (κ3) is 6.05. The van der Waals surface area contributed by atoms with E-state index in [0.717, 1.165) is 61.4 Å². The molecule has 0 saturated heterocycles. The van der Waals surface area contributed by atoms with Gasteiger partial charge in [0.05, 0.1) is 16.7 Å². The van der Waals surface area contributed by atoms with Crippen LogP contribution in [0.25, 0.3) is 114 Å². The van der Waals surface area contributed by atoms with Crippen LogP contribution in [0.15, 0.2) is 247 Å². The Hall–Kier alpha value is -8.70. The summed E-state index contributed by atoms with van der Waals surface area (Å²) in [5, 5.41) is 9.69. The maximum absolute atomic E-state index is 6.48. The molecule has 11 aromatic carbocycles. The Balaban J connectivity index is 1.02. The molecule has 3 heterocycles. The minimum absolute atomic E-state index is 0.876. The van der Waals surface area contributed by atoms with Crippen molar-refractivity contribution < 1.29 is 4.42 Å². The van der Waals surface area contributed by atoms with Gasteiger partial charge in [-0.05, 0) is 106 Å². The van der Waals surface area contributed by atoms with Gasteiger partial charge in [0.1, 0.15) is 11.2 Å². The summed E-state index contributed by atoms with van der Waals surface area (Å²) in [4.78, 5) is 2.47. The topological polar surface area (TPSA) is 21.3 Å². The molecule has 0 aliphatic rings. The van der Waals surface area contributed by atoms with Crippen molar-refractivity contribution in [2.24, 2.45) is 0 Å². The van der Waals surface area contributed by atoms with E-state index in [9.17, 15) is 0 Å². The number of thiophene rings is 1. The number of rotatable bonds is 7. The summed E-state index contributed by atoms with van der Waals surface area (Å²) >= 11 is 1.87. The lowest BCUT2D eigenvalue weighted by Gasteiger charge is -2.29. The highest BCUT2D eigenvalue weighted by Crippen LogP contribution is 2.49. The molecule has 3 aromatic heterocycles. The molecule has 0 saturated carbocycles. The molecule has 0 atom stereocenters. The molecule has 14 aromatic rings. The minimum atomic E-state index is 0.876. The van der Waals surface area contributed by atoms with E-state index in [1.807, 2.05) is 17.4 Å². The van der Waals surface area contributed by atoms with Crippen molar-refractivity contribution in [1.29, 1.82) is 0 Å². The number of aromatic nitrogens is 1. The summed E-state index contributed by atoms with van der Waals surface area (Å²) < 4.78 is 11.4. The Bertz CT molecular complexity index is 4230. The summed E-state index contributed by atoms with van der Waals surface area (Å²) in [6.07, 6.45) is 0. The first-order valence-corrected chi connectivity index (χ1v) is 24.0. The summed E-state index contributed by atoms with van der Waals surface area (Å²) in [6, 6.07) is 88.4. The Morgan fingerprint density at radius 3 is 1.82 bits per heavy atom. The minimum Gasteiger partial charge on any atom is -0.456 e. The third-order valence-corrected chi connectivity index (χ3v) is 15.0. The molecule has 0 bridgehead atoms. The van der Waals surface area contributed by atoms with Crippen molar-refractivity contribution in [2.75, 3.05) is 4.90 Å². The van der Waals surface area contributed by atoms with Gasteiger partial charge in [-0.15, -0.1) is 11.3 Å². The van der Waals surface area contributed by atoms with Crippen molar-refractivity contribution in [3.05, 3.63) is 243 Å². The van der Waals surface area contributed by atoms with Crippen LogP contribution >= 0.6 is 11.3 Å². The second kappa shape index (κ2) is 15.5. The summed E-state index contributed by atoms with van der Waals surface area (Å²) in [5.74, 6) is 0. The fourth-order valence-corrected chi connectivity index (χ4v) is 12.0. The molecule has 0 aliphatic heterocycles. The molecular formula is C64H40N2OS. The molecule has 68 heavy (non-hydrogen) atoms. The van der Waals surface area contributed by atoms with E-state index < -0.39 is 0 Å². The van der Waals surface area contributed by atoms with Crippen LogP contribution in [0.5, 0.6) is 0 Å². The predicted octanol–water partition coefficient (Wildman–Crippen LogP) is 18.7. The SMILES string of the molecule is c1cc(-c2cc(N(c3ccc(-c4cccc5ccccc45)cc3)c3ccccc3-c3cccc4oc5ccccc5c34)cc3c2sc2ccccc23)cc(-n2c3ccccc3c3ccccc32)c1. The molecule has 3 nitrogen and oxygen atoms in total. The monoisotopic (exact) mass is 884 g/mol. The lowest BCUT2D eigenvalue weighted by molar-refractivity contribution is 0.669. The van der Waals surface area contributed by atoms with Gasteiger partial charge in [-0.2, -0.15) is 0 Å². The zero-order chi connectivity index (χ0) is 44.7. The van der Waals surface area contributed by atoms with Crippen molar-refractivity contribution in [1.82, 2.24) is 4.57 Å². The lowest BCUT2D eigenvalue weighted by Crippen LogP contribution is -2.11. The molecule has 0 radical (unpaired) electrons. The molecule has 0 amide bonds.